The van der Waals surface area contributed by atoms with E-state index in [1.165, 1.54) is 31.4 Å². The van der Waals surface area contributed by atoms with Gasteiger partial charge in [0.1, 0.15) is 11.6 Å². The van der Waals surface area contributed by atoms with Gasteiger partial charge in [-0.2, -0.15) is 0 Å². The maximum Gasteiger partial charge on any atom is 0.337 e. The van der Waals surface area contributed by atoms with E-state index >= 15 is 0 Å². The van der Waals surface area contributed by atoms with Crippen molar-refractivity contribution in [3.63, 3.8) is 0 Å². The van der Waals surface area contributed by atoms with E-state index in [-0.39, 0.29) is 11.1 Å². The molecule has 0 aromatic heterocycles. The van der Waals surface area contributed by atoms with Gasteiger partial charge in [-0.15, -0.1) is 0 Å². The first-order valence-corrected chi connectivity index (χ1v) is 5.25. The molecule has 0 radical (unpaired) electrons. The maximum absolute atomic E-state index is 13.6. The van der Waals surface area contributed by atoms with E-state index in [9.17, 15) is 13.6 Å². The van der Waals surface area contributed by atoms with Gasteiger partial charge in [-0.05, 0) is 29.8 Å². The summed E-state index contributed by atoms with van der Waals surface area (Å²) in [4.78, 5) is 11.4. The average molecular weight is 248 g/mol. The Morgan fingerprint density at radius 3 is 2.50 bits per heavy atom. The van der Waals surface area contributed by atoms with Crippen LogP contribution >= 0.6 is 0 Å². The lowest BCUT2D eigenvalue weighted by atomic mass is 10.0. The van der Waals surface area contributed by atoms with Crippen LogP contribution < -0.4 is 0 Å². The fraction of sp³-hybridized carbons (Fsp3) is 0.0714. The number of halogens is 2. The minimum absolute atomic E-state index is 0.0516. The molecule has 0 saturated heterocycles. The summed E-state index contributed by atoms with van der Waals surface area (Å²) in [6.07, 6.45) is 0. The van der Waals surface area contributed by atoms with Crippen LogP contribution in [0.5, 0.6) is 0 Å². The van der Waals surface area contributed by atoms with Gasteiger partial charge in [0.15, 0.2) is 0 Å². The molecule has 0 spiro atoms. The molecule has 0 unspecified atom stereocenters. The van der Waals surface area contributed by atoms with Crippen LogP contribution in [0.3, 0.4) is 0 Å². The normalized spacial score (nSPS) is 10.2. The van der Waals surface area contributed by atoms with Gasteiger partial charge in [0, 0.05) is 5.56 Å². The Morgan fingerprint density at radius 2 is 1.83 bits per heavy atom. The Balaban J connectivity index is 2.55. The molecule has 0 bridgehead atoms. The van der Waals surface area contributed by atoms with Crippen molar-refractivity contribution in [3.8, 4) is 11.1 Å². The van der Waals surface area contributed by atoms with Gasteiger partial charge in [-0.25, -0.2) is 13.6 Å². The molecule has 0 fully saturated rings. The number of methoxy groups -OCH3 is 1. The van der Waals surface area contributed by atoms with Crippen molar-refractivity contribution in [1.82, 2.24) is 0 Å². The predicted octanol–water partition coefficient (Wildman–Crippen LogP) is 3.42. The Hall–Kier alpha value is -2.23. The zero-order valence-electron chi connectivity index (χ0n) is 9.61. The van der Waals surface area contributed by atoms with Crippen LogP contribution in [0, 0.1) is 11.6 Å². The Kier molecular flexibility index (Phi) is 3.37. The SMILES string of the molecule is COC(=O)c1cc(F)cc(-c2ccccc2F)c1. The highest BCUT2D eigenvalue weighted by Crippen LogP contribution is 2.24. The molecule has 0 saturated carbocycles. The van der Waals surface area contributed by atoms with Gasteiger partial charge in [0.25, 0.3) is 0 Å². The van der Waals surface area contributed by atoms with Crippen LogP contribution in [-0.4, -0.2) is 13.1 Å². The zero-order chi connectivity index (χ0) is 13.1. The zero-order valence-corrected chi connectivity index (χ0v) is 9.61. The molecule has 18 heavy (non-hydrogen) atoms. The summed E-state index contributed by atoms with van der Waals surface area (Å²) in [5, 5.41) is 0. The molecule has 2 rings (SSSR count). The first-order valence-electron chi connectivity index (χ1n) is 5.25. The molecule has 2 aromatic carbocycles. The van der Waals surface area contributed by atoms with Crippen LogP contribution in [0.1, 0.15) is 10.4 Å². The van der Waals surface area contributed by atoms with Crippen molar-refractivity contribution in [2.45, 2.75) is 0 Å². The van der Waals surface area contributed by atoms with Crippen molar-refractivity contribution in [3.05, 3.63) is 59.7 Å². The molecular weight excluding hydrogens is 238 g/mol. The lowest BCUT2D eigenvalue weighted by molar-refractivity contribution is 0.0600. The second-order valence-electron chi connectivity index (χ2n) is 3.70. The third-order valence-corrected chi connectivity index (χ3v) is 2.50. The van der Waals surface area contributed by atoms with E-state index in [0.29, 0.717) is 5.56 Å². The molecular formula is C14H10F2O2. The van der Waals surface area contributed by atoms with Gasteiger partial charge >= 0.3 is 5.97 Å². The standard InChI is InChI=1S/C14H10F2O2/c1-18-14(17)10-6-9(7-11(15)8-10)12-4-2-3-5-13(12)16/h2-8H,1H3. The van der Waals surface area contributed by atoms with Gasteiger partial charge in [0.05, 0.1) is 12.7 Å². The third kappa shape index (κ3) is 2.37. The van der Waals surface area contributed by atoms with Crippen molar-refractivity contribution in [1.29, 1.82) is 0 Å². The summed E-state index contributed by atoms with van der Waals surface area (Å²) in [5.74, 6) is -1.75. The lowest BCUT2D eigenvalue weighted by Gasteiger charge is -2.06. The molecule has 0 atom stereocenters. The maximum atomic E-state index is 13.6. The molecule has 0 aliphatic carbocycles. The number of hydrogen-bond acceptors (Lipinski definition) is 2. The topological polar surface area (TPSA) is 26.3 Å². The van der Waals surface area contributed by atoms with Gasteiger partial charge in [-0.1, -0.05) is 18.2 Å². The smallest absolute Gasteiger partial charge is 0.337 e. The third-order valence-electron chi connectivity index (χ3n) is 2.50. The van der Waals surface area contributed by atoms with E-state index in [0.717, 1.165) is 6.07 Å². The Labute approximate surface area is 103 Å². The van der Waals surface area contributed by atoms with E-state index in [1.807, 2.05) is 0 Å². The van der Waals surface area contributed by atoms with E-state index < -0.39 is 17.6 Å². The lowest BCUT2D eigenvalue weighted by Crippen LogP contribution is -2.02. The molecule has 4 heteroatoms. The summed E-state index contributed by atoms with van der Waals surface area (Å²) >= 11 is 0. The Morgan fingerprint density at radius 1 is 1.11 bits per heavy atom. The predicted molar refractivity (Wildman–Crippen MR) is 63.1 cm³/mol. The second-order valence-corrected chi connectivity index (χ2v) is 3.70. The molecule has 0 aliphatic heterocycles. The van der Waals surface area contributed by atoms with Crippen molar-refractivity contribution in [2.24, 2.45) is 0 Å². The summed E-state index contributed by atoms with van der Waals surface area (Å²) < 4.78 is 31.5. The largest absolute Gasteiger partial charge is 0.465 e. The number of rotatable bonds is 2. The van der Waals surface area contributed by atoms with Crippen molar-refractivity contribution < 1.29 is 18.3 Å². The van der Waals surface area contributed by atoms with Gasteiger partial charge in [-0.3, -0.25) is 0 Å². The Bertz CT molecular complexity index is 594. The van der Waals surface area contributed by atoms with Crippen molar-refractivity contribution >= 4 is 5.97 Å². The highest BCUT2D eigenvalue weighted by molar-refractivity contribution is 5.91. The number of hydrogen-bond donors (Lipinski definition) is 0. The van der Waals surface area contributed by atoms with Crippen LogP contribution in [0.15, 0.2) is 42.5 Å². The summed E-state index contributed by atoms with van der Waals surface area (Å²) in [7, 11) is 1.20. The van der Waals surface area contributed by atoms with Gasteiger partial charge < -0.3 is 4.74 Å². The van der Waals surface area contributed by atoms with E-state index in [2.05, 4.69) is 4.74 Å². The first kappa shape index (κ1) is 12.2. The van der Waals surface area contributed by atoms with E-state index in [4.69, 9.17) is 0 Å². The summed E-state index contributed by atoms with van der Waals surface area (Å²) in [6.45, 7) is 0. The van der Waals surface area contributed by atoms with Crippen LogP contribution in [0.25, 0.3) is 11.1 Å². The number of carbonyl (C=O) groups is 1. The second kappa shape index (κ2) is 4.96. The van der Waals surface area contributed by atoms with Crippen LogP contribution in [0.2, 0.25) is 0 Å². The van der Waals surface area contributed by atoms with Crippen LogP contribution in [0.4, 0.5) is 8.78 Å². The van der Waals surface area contributed by atoms with Crippen LogP contribution in [-0.2, 0) is 4.74 Å². The molecule has 2 aromatic rings. The minimum Gasteiger partial charge on any atom is -0.465 e. The summed E-state index contributed by atoms with van der Waals surface area (Å²) in [5.41, 5.74) is 0.589. The highest BCUT2D eigenvalue weighted by Gasteiger charge is 2.11. The van der Waals surface area contributed by atoms with Crippen molar-refractivity contribution in [2.75, 3.05) is 7.11 Å². The number of carbonyl (C=O) groups excluding carboxylic acids is 1. The monoisotopic (exact) mass is 248 g/mol. The quantitative estimate of drug-likeness (QED) is 0.761. The van der Waals surface area contributed by atoms with E-state index in [1.54, 1.807) is 12.1 Å². The molecule has 0 aliphatic rings. The highest BCUT2D eigenvalue weighted by atomic mass is 19.1. The molecule has 92 valence electrons. The number of ether oxygens (including phenoxy) is 1. The van der Waals surface area contributed by atoms with Gasteiger partial charge in [0.2, 0.25) is 0 Å². The number of benzene rings is 2. The molecule has 0 N–H and O–H groups in total. The molecule has 0 amide bonds. The summed E-state index contributed by atoms with van der Waals surface area (Å²) in [6, 6.07) is 9.60. The minimum atomic E-state index is -0.660. The first-order chi connectivity index (χ1) is 8.61. The fourth-order valence-corrected chi connectivity index (χ4v) is 1.68. The number of esters is 1. The average Bonchev–Trinajstić information content (AvgIpc) is 2.37. The molecule has 2 nitrogen and oxygen atoms in total. The fourth-order valence-electron chi connectivity index (χ4n) is 1.68. The molecule has 0 heterocycles.